The quantitative estimate of drug-likeness (QED) is 0.511. The molecule has 0 saturated carbocycles. The Bertz CT molecular complexity index is 181. The zero-order valence-electron chi connectivity index (χ0n) is 13.6. The molecule has 0 fully saturated rings. The van der Waals surface area contributed by atoms with Gasteiger partial charge < -0.3 is 5.73 Å². The molecule has 2 unspecified atom stereocenters. The fraction of sp³-hybridized carbons (Fsp3) is 1.00. The van der Waals surface area contributed by atoms with E-state index in [4.69, 9.17) is 5.73 Å². The van der Waals surface area contributed by atoms with Crippen molar-refractivity contribution in [1.82, 2.24) is 0 Å². The summed E-state index contributed by atoms with van der Waals surface area (Å²) in [4.78, 5) is 0. The highest BCUT2D eigenvalue weighted by atomic mass is 14.6. The van der Waals surface area contributed by atoms with Crippen LogP contribution in [0.4, 0.5) is 0 Å². The van der Waals surface area contributed by atoms with E-state index in [1.807, 2.05) is 0 Å². The predicted octanol–water partition coefficient (Wildman–Crippen LogP) is 5.53. The van der Waals surface area contributed by atoms with Gasteiger partial charge in [-0.2, -0.15) is 0 Å². The first kappa shape index (κ1) is 18.0. The summed E-state index contributed by atoms with van der Waals surface area (Å²) in [7, 11) is 0. The Hall–Kier alpha value is -0.0400. The van der Waals surface area contributed by atoms with Crippen LogP contribution in [0.2, 0.25) is 0 Å². The van der Waals surface area contributed by atoms with Gasteiger partial charge in [0.15, 0.2) is 0 Å². The number of hydrogen-bond acceptors (Lipinski definition) is 1. The Balaban J connectivity index is 3.45. The molecule has 2 N–H and O–H groups in total. The molecular weight excluding hydrogens is 218 g/mol. The van der Waals surface area contributed by atoms with Crippen LogP contribution in [-0.4, -0.2) is 6.04 Å². The van der Waals surface area contributed by atoms with Gasteiger partial charge in [0.1, 0.15) is 0 Å². The average molecular weight is 255 g/mol. The minimum absolute atomic E-state index is 0.401. The first-order valence-electron chi connectivity index (χ1n) is 8.13. The summed E-state index contributed by atoms with van der Waals surface area (Å²) in [5.41, 5.74) is 6.63. The molecule has 0 spiro atoms. The maximum Gasteiger partial charge on any atom is 0.00415 e. The SMILES string of the molecule is CCCCCCCCCC(N)CC(C)C(C)(C)C. The van der Waals surface area contributed by atoms with Crippen molar-refractivity contribution in [2.45, 2.75) is 98.4 Å². The summed E-state index contributed by atoms with van der Waals surface area (Å²) in [6.45, 7) is 11.6. The van der Waals surface area contributed by atoms with Crippen LogP contribution >= 0.6 is 0 Å². The van der Waals surface area contributed by atoms with Gasteiger partial charge in [-0.05, 0) is 24.2 Å². The minimum atomic E-state index is 0.401. The highest BCUT2D eigenvalue weighted by molar-refractivity contribution is 4.75. The number of unbranched alkanes of at least 4 members (excludes halogenated alkanes) is 6. The smallest absolute Gasteiger partial charge is 0.00415 e. The van der Waals surface area contributed by atoms with Crippen LogP contribution in [-0.2, 0) is 0 Å². The standard InChI is InChI=1S/C17H37N/c1-6-7-8-9-10-11-12-13-16(18)14-15(2)17(3,4)5/h15-16H,6-14,18H2,1-5H3. The van der Waals surface area contributed by atoms with Gasteiger partial charge in [-0.1, -0.05) is 79.6 Å². The maximum atomic E-state index is 6.23. The molecule has 2 atom stereocenters. The third kappa shape index (κ3) is 9.94. The Labute approximate surface area is 116 Å². The van der Waals surface area contributed by atoms with Gasteiger partial charge in [0.2, 0.25) is 0 Å². The van der Waals surface area contributed by atoms with Crippen LogP contribution in [0.1, 0.15) is 92.4 Å². The largest absolute Gasteiger partial charge is 0.328 e. The van der Waals surface area contributed by atoms with E-state index in [-0.39, 0.29) is 0 Å². The highest BCUT2D eigenvalue weighted by Gasteiger charge is 2.21. The second-order valence-electron chi connectivity index (χ2n) is 7.17. The lowest BCUT2D eigenvalue weighted by molar-refractivity contribution is 0.229. The Morgan fingerprint density at radius 1 is 0.889 bits per heavy atom. The molecule has 0 aromatic carbocycles. The van der Waals surface area contributed by atoms with Crippen LogP contribution in [0.15, 0.2) is 0 Å². The third-order valence-electron chi connectivity index (χ3n) is 4.31. The second kappa shape index (κ2) is 9.83. The van der Waals surface area contributed by atoms with Crippen molar-refractivity contribution in [1.29, 1.82) is 0 Å². The summed E-state index contributed by atoms with van der Waals surface area (Å²) in [6.07, 6.45) is 12.1. The fourth-order valence-corrected chi connectivity index (χ4v) is 2.29. The minimum Gasteiger partial charge on any atom is -0.328 e. The van der Waals surface area contributed by atoms with Crippen molar-refractivity contribution in [2.24, 2.45) is 17.1 Å². The summed E-state index contributed by atoms with van der Waals surface area (Å²) in [5, 5.41) is 0. The lowest BCUT2D eigenvalue weighted by atomic mass is 9.78. The van der Waals surface area contributed by atoms with Crippen molar-refractivity contribution in [3.63, 3.8) is 0 Å². The van der Waals surface area contributed by atoms with Crippen LogP contribution in [0, 0.1) is 11.3 Å². The summed E-state index contributed by atoms with van der Waals surface area (Å²) in [6, 6.07) is 0.412. The van der Waals surface area contributed by atoms with Crippen molar-refractivity contribution in [3.05, 3.63) is 0 Å². The van der Waals surface area contributed by atoms with E-state index in [0.29, 0.717) is 11.5 Å². The summed E-state index contributed by atoms with van der Waals surface area (Å²) >= 11 is 0. The second-order valence-corrected chi connectivity index (χ2v) is 7.17. The Kier molecular flexibility index (Phi) is 9.81. The van der Waals surface area contributed by atoms with E-state index < -0.39 is 0 Å². The number of nitrogens with two attached hydrogens (primary N) is 1. The molecule has 0 aliphatic rings. The maximum absolute atomic E-state index is 6.23. The zero-order valence-corrected chi connectivity index (χ0v) is 13.6. The fourth-order valence-electron chi connectivity index (χ4n) is 2.29. The van der Waals surface area contributed by atoms with Crippen LogP contribution in [0.5, 0.6) is 0 Å². The van der Waals surface area contributed by atoms with E-state index in [2.05, 4.69) is 34.6 Å². The van der Waals surface area contributed by atoms with Crippen LogP contribution in [0.25, 0.3) is 0 Å². The molecule has 1 nitrogen and oxygen atoms in total. The van der Waals surface area contributed by atoms with Gasteiger partial charge in [0, 0.05) is 6.04 Å². The average Bonchev–Trinajstić information content (AvgIpc) is 2.26. The topological polar surface area (TPSA) is 26.0 Å². The first-order valence-corrected chi connectivity index (χ1v) is 8.13. The first-order chi connectivity index (χ1) is 8.38. The van der Waals surface area contributed by atoms with Crippen molar-refractivity contribution >= 4 is 0 Å². The molecule has 0 aliphatic carbocycles. The molecule has 0 heterocycles. The molecule has 0 aromatic heterocycles. The molecule has 18 heavy (non-hydrogen) atoms. The van der Waals surface area contributed by atoms with Crippen LogP contribution in [0.3, 0.4) is 0 Å². The monoisotopic (exact) mass is 255 g/mol. The molecule has 0 aliphatic heterocycles. The zero-order chi connectivity index (χ0) is 14.0. The van der Waals surface area contributed by atoms with Gasteiger partial charge in [-0.15, -0.1) is 0 Å². The normalized spacial score (nSPS) is 15.7. The molecule has 1 heteroatoms. The predicted molar refractivity (Wildman–Crippen MR) is 83.8 cm³/mol. The molecule has 0 amide bonds. The lowest BCUT2D eigenvalue weighted by Crippen LogP contribution is -2.28. The van der Waals surface area contributed by atoms with E-state index in [9.17, 15) is 0 Å². The summed E-state index contributed by atoms with van der Waals surface area (Å²) < 4.78 is 0. The number of hydrogen-bond donors (Lipinski definition) is 1. The highest BCUT2D eigenvalue weighted by Crippen LogP contribution is 2.29. The van der Waals surface area contributed by atoms with Crippen LogP contribution < -0.4 is 5.73 Å². The molecule has 0 bridgehead atoms. The van der Waals surface area contributed by atoms with E-state index >= 15 is 0 Å². The van der Waals surface area contributed by atoms with Gasteiger partial charge in [0.25, 0.3) is 0 Å². The van der Waals surface area contributed by atoms with Crippen molar-refractivity contribution in [2.75, 3.05) is 0 Å². The van der Waals surface area contributed by atoms with E-state index in [1.54, 1.807) is 0 Å². The van der Waals surface area contributed by atoms with E-state index in [1.165, 1.54) is 57.8 Å². The molecule has 0 aromatic rings. The molecule has 0 radical (unpaired) electrons. The lowest BCUT2D eigenvalue weighted by Gasteiger charge is -2.29. The molecular formula is C17H37N. The van der Waals surface area contributed by atoms with E-state index in [0.717, 1.165) is 5.92 Å². The van der Waals surface area contributed by atoms with Crippen molar-refractivity contribution < 1.29 is 0 Å². The van der Waals surface area contributed by atoms with Crippen molar-refractivity contribution in [3.8, 4) is 0 Å². The molecule has 0 rings (SSSR count). The molecule has 110 valence electrons. The third-order valence-corrected chi connectivity index (χ3v) is 4.31. The molecule has 0 saturated heterocycles. The Morgan fingerprint density at radius 3 is 1.89 bits per heavy atom. The summed E-state index contributed by atoms with van der Waals surface area (Å²) in [5.74, 6) is 0.719. The van der Waals surface area contributed by atoms with Gasteiger partial charge in [-0.3, -0.25) is 0 Å². The van der Waals surface area contributed by atoms with Gasteiger partial charge >= 0.3 is 0 Å². The van der Waals surface area contributed by atoms with Gasteiger partial charge in [0.05, 0.1) is 0 Å². The number of rotatable bonds is 10. The Morgan fingerprint density at radius 2 is 1.39 bits per heavy atom. The van der Waals surface area contributed by atoms with Gasteiger partial charge in [-0.25, -0.2) is 0 Å².